The second-order valence-corrected chi connectivity index (χ2v) is 3.05. The number of rotatable bonds is 4. The lowest BCUT2D eigenvalue weighted by Gasteiger charge is -2.04. The highest BCUT2D eigenvalue weighted by atomic mass is 19.1. The Morgan fingerprint density at radius 1 is 1.53 bits per heavy atom. The molecule has 1 rings (SSSR count). The zero-order valence-corrected chi connectivity index (χ0v) is 8.33. The molecule has 0 atom stereocenters. The van der Waals surface area contributed by atoms with E-state index >= 15 is 0 Å². The molecule has 4 heteroatoms. The average molecular weight is 209 g/mol. The summed E-state index contributed by atoms with van der Waals surface area (Å²) < 4.78 is 13.1. The van der Waals surface area contributed by atoms with Crippen molar-refractivity contribution in [2.24, 2.45) is 0 Å². The summed E-state index contributed by atoms with van der Waals surface area (Å²) in [6.45, 7) is 1.78. The van der Waals surface area contributed by atoms with Crippen LogP contribution in [0.3, 0.4) is 0 Å². The first kappa shape index (κ1) is 11.2. The van der Waals surface area contributed by atoms with Crippen molar-refractivity contribution in [2.45, 2.75) is 6.92 Å². The summed E-state index contributed by atoms with van der Waals surface area (Å²) in [6, 6.07) is 6.24. The highest BCUT2D eigenvalue weighted by Crippen LogP contribution is 2.11. The molecule has 0 fully saturated rings. The third kappa shape index (κ3) is 3.42. The molecule has 15 heavy (non-hydrogen) atoms. The Bertz CT molecular complexity index is 388. The second kappa shape index (κ2) is 5.14. The van der Waals surface area contributed by atoms with E-state index in [1.807, 2.05) is 0 Å². The minimum atomic E-state index is -0.967. The number of halogens is 1. The summed E-state index contributed by atoms with van der Waals surface area (Å²) in [5.74, 6) is -1.32. The molecule has 0 heterocycles. The maximum absolute atomic E-state index is 13.1. The van der Waals surface area contributed by atoms with Crippen LogP contribution in [-0.4, -0.2) is 17.6 Å². The summed E-state index contributed by atoms with van der Waals surface area (Å²) >= 11 is 0. The van der Waals surface area contributed by atoms with Gasteiger partial charge in [0.25, 0.3) is 0 Å². The number of para-hydroxylation sites is 1. The third-order valence-electron chi connectivity index (χ3n) is 1.91. The number of aliphatic carboxylic acids is 1. The minimum absolute atomic E-state index is 0.235. The average Bonchev–Trinajstić information content (AvgIpc) is 2.20. The Kier molecular flexibility index (Phi) is 3.85. The molecule has 0 aliphatic carbocycles. The number of benzene rings is 1. The van der Waals surface area contributed by atoms with Crippen LogP contribution in [0.5, 0.6) is 0 Å². The van der Waals surface area contributed by atoms with Crippen LogP contribution in [0.15, 0.2) is 35.9 Å². The predicted molar refractivity (Wildman–Crippen MR) is 56.3 cm³/mol. The van der Waals surface area contributed by atoms with Gasteiger partial charge in [-0.2, -0.15) is 0 Å². The number of carbonyl (C=O) groups is 1. The van der Waals surface area contributed by atoms with Crippen molar-refractivity contribution in [3.63, 3.8) is 0 Å². The molecule has 0 radical (unpaired) electrons. The summed E-state index contributed by atoms with van der Waals surface area (Å²) in [5.41, 5.74) is 0.603. The van der Waals surface area contributed by atoms with Crippen molar-refractivity contribution in [3.05, 3.63) is 41.7 Å². The van der Waals surface area contributed by atoms with Crippen LogP contribution < -0.4 is 5.32 Å². The zero-order valence-electron chi connectivity index (χ0n) is 8.33. The number of hydrogen-bond donors (Lipinski definition) is 2. The summed E-state index contributed by atoms with van der Waals surface area (Å²) in [7, 11) is 0. The number of carboxylic acid groups (broad SMARTS) is 1. The molecule has 0 bridgehead atoms. The van der Waals surface area contributed by atoms with Crippen LogP contribution >= 0.6 is 0 Å². The Hall–Kier alpha value is -1.84. The van der Waals surface area contributed by atoms with Crippen LogP contribution in [0.1, 0.15) is 6.92 Å². The van der Waals surface area contributed by atoms with Gasteiger partial charge in [0.15, 0.2) is 0 Å². The third-order valence-corrected chi connectivity index (χ3v) is 1.91. The van der Waals surface area contributed by atoms with Crippen LogP contribution in [-0.2, 0) is 4.79 Å². The first-order chi connectivity index (χ1) is 7.11. The molecule has 0 spiro atoms. The molecule has 0 amide bonds. The summed E-state index contributed by atoms with van der Waals surface area (Å²) in [5, 5.41) is 11.3. The largest absolute Gasteiger partial charge is 0.478 e. The van der Waals surface area contributed by atoms with Gasteiger partial charge in [-0.05, 0) is 19.1 Å². The van der Waals surface area contributed by atoms with Crippen molar-refractivity contribution >= 4 is 11.7 Å². The first-order valence-electron chi connectivity index (χ1n) is 4.49. The van der Waals surface area contributed by atoms with E-state index in [2.05, 4.69) is 5.32 Å². The van der Waals surface area contributed by atoms with E-state index in [0.717, 1.165) is 0 Å². The van der Waals surface area contributed by atoms with Crippen molar-refractivity contribution in [1.29, 1.82) is 0 Å². The molecule has 0 aliphatic rings. The van der Waals surface area contributed by atoms with Crippen LogP contribution in [0.2, 0.25) is 0 Å². The van der Waals surface area contributed by atoms with Crippen molar-refractivity contribution < 1.29 is 14.3 Å². The van der Waals surface area contributed by atoms with Gasteiger partial charge >= 0.3 is 5.97 Å². The molecule has 0 saturated heterocycles. The fourth-order valence-corrected chi connectivity index (χ4v) is 1.01. The van der Waals surface area contributed by atoms with Crippen LogP contribution in [0.25, 0.3) is 0 Å². The van der Waals surface area contributed by atoms with E-state index < -0.39 is 5.97 Å². The lowest BCUT2D eigenvalue weighted by molar-refractivity contribution is -0.132. The topological polar surface area (TPSA) is 49.3 Å². The quantitative estimate of drug-likeness (QED) is 0.748. The number of carboxylic acids is 1. The van der Waals surface area contributed by atoms with Gasteiger partial charge in [0.2, 0.25) is 0 Å². The van der Waals surface area contributed by atoms with Crippen molar-refractivity contribution in [2.75, 3.05) is 11.9 Å². The Labute approximate surface area is 87.2 Å². The van der Waals surface area contributed by atoms with Gasteiger partial charge in [-0.1, -0.05) is 18.2 Å². The number of anilines is 1. The van der Waals surface area contributed by atoms with Crippen molar-refractivity contribution in [3.8, 4) is 0 Å². The van der Waals surface area contributed by atoms with Crippen molar-refractivity contribution in [1.82, 2.24) is 0 Å². The molecule has 80 valence electrons. The SMILES string of the molecule is C/C(=C/CNc1ccccc1F)C(=O)O. The summed E-state index contributed by atoms with van der Waals surface area (Å²) in [6.07, 6.45) is 1.49. The first-order valence-corrected chi connectivity index (χ1v) is 4.49. The molecular weight excluding hydrogens is 197 g/mol. The van der Waals surface area contributed by atoms with Crippen LogP contribution in [0, 0.1) is 5.82 Å². The fourth-order valence-electron chi connectivity index (χ4n) is 1.01. The molecule has 0 aliphatic heterocycles. The van der Waals surface area contributed by atoms with Gasteiger partial charge in [-0.3, -0.25) is 0 Å². The monoisotopic (exact) mass is 209 g/mol. The Morgan fingerprint density at radius 3 is 2.80 bits per heavy atom. The Morgan fingerprint density at radius 2 is 2.20 bits per heavy atom. The smallest absolute Gasteiger partial charge is 0.331 e. The highest BCUT2D eigenvalue weighted by Gasteiger charge is 2.00. The standard InChI is InChI=1S/C11H12FNO2/c1-8(11(14)15)6-7-13-10-5-3-2-4-9(10)12/h2-6,13H,7H2,1H3,(H,14,15)/b8-6-. The molecular formula is C11H12FNO2. The van der Waals surface area contributed by atoms with E-state index in [0.29, 0.717) is 12.2 Å². The van der Waals surface area contributed by atoms with E-state index in [-0.39, 0.29) is 11.4 Å². The fraction of sp³-hybridized carbons (Fsp3) is 0.182. The Balaban J connectivity index is 2.55. The van der Waals surface area contributed by atoms with Gasteiger partial charge in [0.1, 0.15) is 5.82 Å². The molecule has 0 aromatic heterocycles. The second-order valence-electron chi connectivity index (χ2n) is 3.05. The predicted octanol–water partition coefficient (Wildman–Crippen LogP) is 2.27. The summed E-state index contributed by atoms with van der Waals surface area (Å²) in [4.78, 5) is 10.4. The van der Waals surface area contributed by atoms with E-state index in [1.165, 1.54) is 19.1 Å². The van der Waals surface area contributed by atoms with Gasteiger partial charge < -0.3 is 10.4 Å². The minimum Gasteiger partial charge on any atom is -0.478 e. The van der Waals surface area contributed by atoms with Gasteiger partial charge in [0.05, 0.1) is 5.69 Å². The van der Waals surface area contributed by atoms with Crippen LogP contribution in [0.4, 0.5) is 10.1 Å². The number of hydrogen-bond acceptors (Lipinski definition) is 2. The number of nitrogens with one attached hydrogen (secondary N) is 1. The van der Waals surface area contributed by atoms with Gasteiger partial charge in [-0.25, -0.2) is 9.18 Å². The lowest BCUT2D eigenvalue weighted by atomic mass is 10.2. The lowest BCUT2D eigenvalue weighted by Crippen LogP contribution is -2.04. The zero-order chi connectivity index (χ0) is 11.3. The maximum Gasteiger partial charge on any atom is 0.331 e. The van der Waals surface area contributed by atoms with Gasteiger partial charge in [-0.15, -0.1) is 0 Å². The molecule has 1 aromatic rings. The molecule has 0 unspecified atom stereocenters. The molecule has 3 nitrogen and oxygen atoms in total. The normalized spacial score (nSPS) is 11.2. The van der Waals surface area contributed by atoms with E-state index in [4.69, 9.17) is 5.11 Å². The molecule has 1 aromatic carbocycles. The van der Waals surface area contributed by atoms with E-state index in [1.54, 1.807) is 18.2 Å². The molecule has 0 saturated carbocycles. The molecule has 2 N–H and O–H groups in total. The maximum atomic E-state index is 13.1. The van der Waals surface area contributed by atoms with E-state index in [9.17, 15) is 9.18 Å². The van der Waals surface area contributed by atoms with Gasteiger partial charge in [0, 0.05) is 12.1 Å². The highest BCUT2D eigenvalue weighted by molar-refractivity contribution is 5.85.